The molecule has 0 aliphatic carbocycles. The lowest BCUT2D eigenvalue weighted by molar-refractivity contribution is 0.104. The molecule has 0 aliphatic heterocycles. The number of aliphatic hydroxyl groups is 1. The topological polar surface area (TPSA) is 41.5 Å². The summed E-state index contributed by atoms with van der Waals surface area (Å²) in [6.45, 7) is 4.98. The van der Waals surface area contributed by atoms with Gasteiger partial charge in [-0.15, -0.1) is 0 Å². The highest BCUT2D eigenvalue weighted by atomic mass is 32.1. The summed E-state index contributed by atoms with van der Waals surface area (Å²) in [4.78, 5) is 0. The second-order valence-electron chi connectivity index (χ2n) is 5.38. The number of nitrogens with one attached hydrogen (secondary N) is 1. The third-order valence-corrected chi connectivity index (χ3v) is 4.08. The molecule has 0 amide bonds. The smallest absolute Gasteiger partial charge is 0.122 e. The van der Waals surface area contributed by atoms with Gasteiger partial charge < -0.3 is 15.2 Å². The molecule has 2 unspecified atom stereocenters. The third-order valence-electron chi connectivity index (χ3n) is 3.35. The van der Waals surface area contributed by atoms with Gasteiger partial charge in [0, 0.05) is 12.6 Å². The number of hydrogen-bond acceptors (Lipinski definition) is 4. The standard InChI is InChI=1S/C17H23NO2S/c1-13-5-3-4-6-17(13)20-11-16(19)10-18-14(2)9-15-7-8-21-12-15/h3-8,12,14,16,18-19H,9-11H2,1-2H3. The first-order valence-electron chi connectivity index (χ1n) is 7.26. The minimum atomic E-state index is -0.505. The van der Waals surface area contributed by atoms with Gasteiger partial charge in [0.25, 0.3) is 0 Å². The number of ether oxygens (including phenoxy) is 1. The summed E-state index contributed by atoms with van der Waals surface area (Å²) in [6.07, 6.45) is 0.476. The molecule has 2 N–H and O–H groups in total. The molecular formula is C17H23NO2S. The van der Waals surface area contributed by atoms with E-state index in [1.807, 2.05) is 31.2 Å². The molecule has 0 saturated carbocycles. The zero-order valence-corrected chi connectivity index (χ0v) is 13.4. The first kappa shape index (κ1) is 16.0. The van der Waals surface area contributed by atoms with E-state index in [1.54, 1.807) is 11.3 Å². The van der Waals surface area contributed by atoms with Crippen LogP contribution in [0.1, 0.15) is 18.1 Å². The molecule has 1 aromatic heterocycles. The zero-order chi connectivity index (χ0) is 15.1. The number of aryl methyl sites for hydroxylation is 1. The molecule has 21 heavy (non-hydrogen) atoms. The summed E-state index contributed by atoms with van der Waals surface area (Å²) >= 11 is 1.72. The molecule has 2 aromatic rings. The summed E-state index contributed by atoms with van der Waals surface area (Å²) in [5.41, 5.74) is 2.43. The van der Waals surface area contributed by atoms with Crippen LogP contribution >= 0.6 is 11.3 Å². The molecule has 0 spiro atoms. The molecule has 4 heteroatoms. The van der Waals surface area contributed by atoms with Crippen molar-refractivity contribution in [3.63, 3.8) is 0 Å². The fourth-order valence-corrected chi connectivity index (χ4v) is 2.82. The highest BCUT2D eigenvalue weighted by Gasteiger charge is 2.09. The van der Waals surface area contributed by atoms with Crippen LogP contribution in [0.4, 0.5) is 0 Å². The molecule has 2 rings (SSSR count). The van der Waals surface area contributed by atoms with Crippen molar-refractivity contribution in [2.24, 2.45) is 0 Å². The molecule has 1 aromatic carbocycles. The lowest BCUT2D eigenvalue weighted by Gasteiger charge is -2.18. The van der Waals surface area contributed by atoms with Gasteiger partial charge in [0.1, 0.15) is 18.5 Å². The Labute approximate surface area is 130 Å². The van der Waals surface area contributed by atoms with E-state index >= 15 is 0 Å². The van der Waals surface area contributed by atoms with E-state index in [9.17, 15) is 5.11 Å². The first-order chi connectivity index (χ1) is 10.1. The second kappa shape index (κ2) is 8.17. The Morgan fingerprint density at radius 1 is 1.29 bits per heavy atom. The molecule has 3 nitrogen and oxygen atoms in total. The van der Waals surface area contributed by atoms with E-state index < -0.39 is 6.10 Å². The maximum Gasteiger partial charge on any atom is 0.122 e. The number of benzene rings is 1. The van der Waals surface area contributed by atoms with Crippen LogP contribution in [0.15, 0.2) is 41.1 Å². The van der Waals surface area contributed by atoms with Crippen molar-refractivity contribution in [1.82, 2.24) is 5.32 Å². The zero-order valence-electron chi connectivity index (χ0n) is 12.6. The normalized spacial score (nSPS) is 13.9. The van der Waals surface area contributed by atoms with Crippen LogP contribution in [0.25, 0.3) is 0 Å². The molecule has 0 saturated heterocycles. The van der Waals surface area contributed by atoms with E-state index in [0.717, 1.165) is 17.7 Å². The van der Waals surface area contributed by atoms with E-state index in [0.29, 0.717) is 19.2 Å². The summed E-state index contributed by atoms with van der Waals surface area (Å²) < 4.78 is 5.65. The van der Waals surface area contributed by atoms with Gasteiger partial charge in [0.05, 0.1) is 0 Å². The molecular weight excluding hydrogens is 282 g/mol. The fraction of sp³-hybridized carbons (Fsp3) is 0.412. The van der Waals surface area contributed by atoms with Crippen LogP contribution in [0.5, 0.6) is 5.75 Å². The van der Waals surface area contributed by atoms with Gasteiger partial charge in [-0.2, -0.15) is 11.3 Å². The molecule has 0 radical (unpaired) electrons. The number of hydrogen-bond donors (Lipinski definition) is 2. The van der Waals surface area contributed by atoms with E-state index in [-0.39, 0.29) is 0 Å². The van der Waals surface area contributed by atoms with Crippen molar-refractivity contribution in [2.45, 2.75) is 32.4 Å². The molecule has 0 bridgehead atoms. The molecule has 114 valence electrons. The molecule has 0 fully saturated rings. The number of aliphatic hydroxyl groups excluding tert-OH is 1. The summed E-state index contributed by atoms with van der Waals surface area (Å²) in [7, 11) is 0. The van der Waals surface area contributed by atoms with E-state index in [1.165, 1.54) is 5.56 Å². The Hall–Kier alpha value is -1.36. The monoisotopic (exact) mass is 305 g/mol. The largest absolute Gasteiger partial charge is 0.491 e. The first-order valence-corrected chi connectivity index (χ1v) is 8.20. The lowest BCUT2D eigenvalue weighted by atomic mass is 10.1. The Morgan fingerprint density at radius 2 is 2.10 bits per heavy atom. The fourth-order valence-electron chi connectivity index (χ4n) is 2.14. The minimum absolute atomic E-state index is 0.309. The Balaban J connectivity index is 1.67. The maximum absolute atomic E-state index is 9.99. The summed E-state index contributed by atoms with van der Waals surface area (Å²) in [6, 6.07) is 10.3. The molecule has 1 heterocycles. The summed E-state index contributed by atoms with van der Waals surface area (Å²) in [5.74, 6) is 0.836. The number of rotatable bonds is 8. The van der Waals surface area contributed by atoms with Gasteiger partial charge >= 0.3 is 0 Å². The van der Waals surface area contributed by atoms with Crippen LogP contribution in [0, 0.1) is 6.92 Å². The van der Waals surface area contributed by atoms with Gasteiger partial charge in [0.2, 0.25) is 0 Å². The predicted molar refractivity (Wildman–Crippen MR) is 88.2 cm³/mol. The highest BCUT2D eigenvalue weighted by molar-refractivity contribution is 7.07. The van der Waals surface area contributed by atoms with Gasteiger partial charge in [0.15, 0.2) is 0 Å². The predicted octanol–water partition coefficient (Wildman–Crippen LogP) is 3.02. The van der Waals surface area contributed by atoms with Crippen LogP contribution in [0.2, 0.25) is 0 Å². The van der Waals surface area contributed by atoms with Crippen LogP contribution < -0.4 is 10.1 Å². The van der Waals surface area contributed by atoms with Crippen molar-refractivity contribution in [2.75, 3.05) is 13.2 Å². The van der Waals surface area contributed by atoms with Crippen molar-refractivity contribution in [1.29, 1.82) is 0 Å². The Kier molecular flexibility index (Phi) is 6.23. The highest BCUT2D eigenvalue weighted by Crippen LogP contribution is 2.16. The second-order valence-corrected chi connectivity index (χ2v) is 6.16. The van der Waals surface area contributed by atoms with E-state index in [4.69, 9.17) is 4.74 Å². The Bertz CT molecular complexity index is 527. The minimum Gasteiger partial charge on any atom is -0.491 e. The van der Waals surface area contributed by atoms with Crippen LogP contribution in [0.3, 0.4) is 0 Å². The van der Waals surface area contributed by atoms with Crippen molar-refractivity contribution < 1.29 is 9.84 Å². The lowest BCUT2D eigenvalue weighted by Crippen LogP contribution is -2.37. The summed E-state index contributed by atoms with van der Waals surface area (Å²) in [5, 5.41) is 17.6. The average molecular weight is 305 g/mol. The van der Waals surface area contributed by atoms with Gasteiger partial charge in [-0.05, 0) is 54.3 Å². The average Bonchev–Trinajstić information content (AvgIpc) is 2.97. The van der Waals surface area contributed by atoms with Crippen LogP contribution in [-0.4, -0.2) is 30.4 Å². The van der Waals surface area contributed by atoms with Crippen molar-refractivity contribution in [3.8, 4) is 5.75 Å². The van der Waals surface area contributed by atoms with Crippen LogP contribution in [-0.2, 0) is 6.42 Å². The van der Waals surface area contributed by atoms with E-state index in [2.05, 4.69) is 29.1 Å². The third kappa shape index (κ3) is 5.50. The van der Waals surface area contributed by atoms with Crippen molar-refractivity contribution >= 4 is 11.3 Å². The SMILES string of the molecule is Cc1ccccc1OCC(O)CNC(C)Cc1ccsc1. The Morgan fingerprint density at radius 3 is 2.81 bits per heavy atom. The van der Waals surface area contributed by atoms with Gasteiger partial charge in [-0.1, -0.05) is 18.2 Å². The molecule has 2 atom stereocenters. The van der Waals surface area contributed by atoms with Crippen molar-refractivity contribution in [3.05, 3.63) is 52.2 Å². The maximum atomic E-state index is 9.99. The van der Waals surface area contributed by atoms with Gasteiger partial charge in [-0.3, -0.25) is 0 Å². The molecule has 0 aliphatic rings. The number of para-hydroxylation sites is 1. The quantitative estimate of drug-likeness (QED) is 0.788. The number of thiophene rings is 1. The van der Waals surface area contributed by atoms with Gasteiger partial charge in [-0.25, -0.2) is 0 Å².